The van der Waals surface area contributed by atoms with Gasteiger partial charge in [0.15, 0.2) is 30.6 Å². The first-order valence-electron chi connectivity index (χ1n) is 17.7. The van der Waals surface area contributed by atoms with Crippen molar-refractivity contribution in [2.24, 2.45) is 0 Å². The third-order valence-electron chi connectivity index (χ3n) is 9.01. The van der Waals surface area contributed by atoms with Crippen LogP contribution >= 0.6 is 0 Å². The quantitative estimate of drug-likeness (QED) is 0.0624. The molecular formula is C39H36F5NO14. The summed E-state index contributed by atoms with van der Waals surface area (Å²) in [4.78, 5) is 75.5. The second-order valence-electron chi connectivity index (χ2n) is 13.2. The molecule has 59 heavy (non-hydrogen) atoms. The number of esters is 5. The Balaban J connectivity index is 1.48. The van der Waals surface area contributed by atoms with Crippen LogP contribution in [0.2, 0.25) is 0 Å². The Morgan fingerprint density at radius 3 is 1.66 bits per heavy atom. The van der Waals surface area contributed by atoms with Gasteiger partial charge in [0.1, 0.15) is 19.3 Å². The number of nitrogens with one attached hydrogen (secondary N) is 1. The number of carbonyl (C=O) groups excluding carboxylic acids is 6. The van der Waals surface area contributed by atoms with Crippen LogP contribution in [0.15, 0.2) is 48.5 Å². The average molecular weight is 838 g/mol. The number of benzene rings is 3. The Kier molecular flexibility index (Phi) is 13.9. The molecular weight excluding hydrogens is 801 g/mol. The number of hydrogen-bond donors (Lipinski definition) is 1. The van der Waals surface area contributed by atoms with Gasteiger partial charge in [0.2, 0.25) is 34.8 Å². The summed E-state index contributed by atoms with van der Waals surface area (Å²) in [7, 11) is 0. The summed E-state index contributed by atoms with van der Waals surface area (Å²) in [6.07, 6.45) is -11.9. The second kappa shape index (κ2) is 18.6. The van der Waals surface area contributed by atoms with Gasteiger partial charge in [-0.15, -0.1) is 0 Å². The van der Waals surface area contributed by atoms with Crippen molar-refractivity contribution in [3.05, 3.63) is 88.7 Å². The first-order chi connectivity index (χ1) is 27.9. The van der Waals surface area contributed by atoms with Crippen LogP contribution in [0.1, 0.15) is 51.7 Å². The lowest BCUT2D eigenvalue weighted by Gasteiger charge is -2.45. The number of halogens is 5. The van der Waals surface area contributed by atoms with Gasteiger partial charge >= 0.3 is 35.9 Å². The molecule has 1 saturated heterocycles. The number of amides is 1. The predicted octanol–water partition coefficient (Wildman–Crippen LogP) is 4.68. The van der Waals surface area contributed by atoms with Crippen molar-refractivity contribution < 1.29 is 88.6 Å². The Hall–Kier alpha value is -6.15. The van der Waals surface area contributed by atoms with E-state index in [1.807, 2.05) is 36.4 Å². The largest absolute Gasteiger partial charge is 0.463 e. The van der Waals surface area contributed by atoms with Crippen molar-refractivity contribution in [3.8, 4) is 16.9 Å². The first-order valence-corrected chi connectivity index (χ1v) is 17.7. The molecule has 3 aromatic carbocycles. The van der Waals surface area contributed by atoms with Crippen molar-refractivity contribution in [2.75, 3.05) is 13.2 Å². The Bertz CT molecular complexity index is 2060. The van der Waals surface area contributed by atoms with E-state index in [4.69, 9.17) is 33.2 Å². The van der Waals surface area contributed by atoms with Crippen molar-refractivity contribution >= 4 is 35.9 Å². The zero-order valence-corrected chi connectivity index (χ0v) is 31.8. The van der Waals surface area contributed by atoms with Gasteiger partial charge < -0.3 is 43.2 Å². The molecule has 1 N–H and O–H groups in total. The standard InChI is InChI=1S/C39H36F5NO14/c1-16(54-38-36(57-20(5)49)35(56-19(4)48)33(55-18(3)47)26(58-38)15-52-17(2)46)32(37(50)59-34-30(43)28(41)27(40)29(42)31(34)44)45-39(51)53-14-25-23-12-8-6-10-21(23)22-11-7-9-13-24(22)25/h6-13,16,25-26,32-33,35-36,38H,14-15H2,1-5H3,(H,45,51)/t16-,26-,32-,33+,35+,36-,38-/m1/s1. The summed E-state index contributed by atoms with van der Waals surface area (Å²) in [6, 6.07) is 12.3. The molecule has 0 bridgehead atoms. The molecule has 1 fully saturated rings. The molecule has 316 valence electrons. The van der Waals surface area contributed by atoms with Crippen LogP contribution in [0, 0.1) is 29.1 Å². The summed E-state index contributed by atoms with van der Waals surface area (Å²) in [5.41, 5.74) is 3.33. The van der Waals surface area contributed by atoms with Crippen molar-refractivity contribution in [1.29, 1.82) is 0 Å². The summed E-state index contributed by atoms with van der Waals surface area (Å²) in [6.45, 7) is 3.93. The lowest BCUT2D eigenvalue weighted by atomic mass is 9.98. The van der Waals surface area contributed by atoms with Crippen LogP contribution in [0.5, 0.6) is 5.75 Å². The molecule has 0 aromatic heterocycles. The van der Waals surface area contributed by atoms with Crippen LogP contribution < -0.4 is 10.1 Å². The van der Waals surface area contributed by atoms with Crippen LogP contribution in [0.3, 0.4) is 0 Å². The topological polar surface area (TPSA) is 188 Å². The average Bonchev–Trinajstić information content (AvgIpc) is 3.50. The molecule has 0 saturated carbocycles. The van der Waals surface area contributed by atoms with E-state index in [0.29, 0.717) is 0 Å². The minimum Gasteiger partial charge on any atom is -0.463 e. The van der Waals surface area contributed by atoms with Crippen LogP contribution in [-0.4, -0.2) is 92.0 Å². The van der Waals surface area contributed by atoms with E-state index in [1.54, 1.807) is 12.1 Å². The second-order valence-corrected chi connectivity index (χ2v) is 13.2. The van der Waals surface area contributed by atoms with Gasteiger partial charge in [-0.05, 0) is 29.2 Å². The van der Waals surface area contributed by atoms with E-state index in [9.17, 15) is 50.7 Å². The molecule has 3 aromatic rings. The molecule has 15 nitrogen and oxygen atoms in total. The molecule has 0 radical (unpaired) electrons. The summed E-state index contributed by atoms with van der Waals surface area (Å²) >= 11 is 0. The zero-order valence-electron chi connectivity index (χ0n) is 31.8. The number of rotatable bonds is 13. The van der Waals surface area contributed by atoms with Gasteiger partial charge in [-0.1, -0.05) is 48.5 Å². The van der Waals surface area contributed by atoms with Gasteiger partial charge in [0.25, 0.3) is 0 Å². The summed E-state index contributed by atoms with van der Waals surface area (Å²) < 4.78 is 114. The molecule has 0 unspecified atom stereocenters. The Labute approximate surface area is 331 Å². The minimum atomic E-state index is -2.55. The fourth-order valence-corrected chi connectivity index (χ4v) is 6.56. The molecule has 1 heterocycles. The van der Waals surface area contributed by atoms with Gasteiger partial charge in [0, 0.05) is 33.6 Å². The number of ether oxygens (including phenoxy) is 8. The SMILES string of the molecule is CC(=O)OC[C@H]1O[C@@H](O[C@H](C)[C@@H](NC(=O)OCC2c3ccccc3-c3ccccc32)C(=O)Oc2c(F)c(F)c(F)c(F)c2F)[C@H](OC(C)=O)[C@@H](OC(C)=O)[C@H]1OC(C)=O. The normalized spacial score (nSPS) is 20.5. The fraction of sp³-hybridized carbons (Fsp3) is 0.385. The molecule has 7 atom stereocenters. The smallest absolute Gasteiger partial charge is 0.407 e. The molecule has 1 amide bonds. The van der Waals surface area contributed by atoms with Crippen LogP contribution in [0.4, 0.5) is 26.7 Å². The van der Waals surface area contributed by atoms with E-state index in [-0.39, 0.29) is 6.61 Å². The molecule has 2 aliphatic rings. The molecule has 1 aliphatic carbocycles. The number of carbonyl (C=O) groups is 6. The van der Waals surface area contributed by atoms with Crippen LogP contribution in [-0.2, 0) is 57.1 Å². The number of hydrogen-bond acceptors (Lipinski definition) is 14. The Morgan fingerprint density at radius 1 is 0.644 bits per heavy atom. The zero-order chi connectivity index (χ0) is 43.3. The highest BCUT2D eigenvalue weighted by atomic mass is 19.2. The Morgan fingerprint density at radius 2 is 1.14 bits per heavy atom. The van der Waals surface area contributed by atoms with Gasteiger partial charge in [0.05, 0.1) is 6.10 Å². The van der Waals surface area contributed by atoms with E-state index >= 15 is 0 Å². The van der Waals surface area contributed by atoms with Gasteiger partial charge in [-0.25, -0.2) is 22.8 Å². The highest BCUT2D eigenvalue weighted by molar-refractivity contribution is 5.84. The van der Waals surface area contributed by atoms with Crippen molar-refractivity contribution in [3.63, 3.8) is 0 Å². The van der Waals surface area contributed by atoms with E-state index < -0.39 is 126 Å². The van der Waals surface area contributed by atoms with E-state index in [2.05, 4.69) is 10.1 Å². The minimum absolute atomic E-state index is 0.325. The van der Waals surface area contributed by atoms with E-state index in [1.165, 1.54) is 0 Å². The monoisotopic (exact) mass is 837 g/mol. The maximum Gasteiger partial charge on any atom is 0.407 e. The highest BCUT2D eigenvalue weighted by Gasteiger charge is 2.54. The summed E-state index contributed by atoms with van der Waals surface area (Å²) in [5, 5.41) is 2.11. The number of fused-ring (bicyclic) bond motifs is 3. The molecule has 20 heteroatoms. The third-order valence-corrected chi connectivity index (χ3v) is 9.01. The first kappa shape index (κ1) is 44.0. The molecule has 0 spiro atoms. The van der Waals surface area contributed by atoms with Crippen molar-refractivity contribution in [1.82, 2.24) is 5.32 Å². The third kappa shape index (κ3) is 9.94. The van der Waals surface area contributed by atoms with Crippen molar-refractivity contribution in [2.45, 2.75) is 83.4 Å². The summed E-state index contributed by atoms with van der Waals surface area (Å²) in [5.74, 6) is -20.7. The highest BCUT2D eigenvalue weighted by Crippen LogP contribution is 2.44. The van der Waals surface area contributed by atoms with Gasteiger partial charge in [-0.2, -0.15) is 8.78 Å². The van der Waals surface area contributed by atoms with Gasteiger partial charge in [-0.3, -0.25) is 19.2 Å². The maximum absolute atomic E-state index is 14.7. The van der Waals surface area contributed by atoms with E-state index in [0.717, 1.165) is 56.9 Å². The lowest BCUT2D eigenvalue weighted by molar-refractivity contribution is -0.316. The fourth-order valence-electron chi connectivity index (χ4n) is 6.56. The lowest BCUT2D eigenvalue weighted by Crippen LogP contribution is -2.64. The number of alkyl carbamates (subject to hydrolysis) is 1. The van der Waals surface area contributed by atoms with Crippen LogP contribution in [0.25, 0.3) is 11.1 Å². The maximum atomic E-state index is 14.7. The molecule has 5 rings (SSSR count). The predicted molar refractivity (Wildman–Crippen MR) is 186 cm³/mol. The molecule has 1 aliphatic heterocycles.